The summed E-state index contributed by atoms with van der Waals surface area (Å²) in [5.41, 5.74) is 0. The van der Waals surface area contributed by atoms with E-state index >= 15 is 0 Å². The first-order chi connectivity index (χ1) is 5.27. The fourth-order valence-corrected chi connectivity index (χ4v) is 0.604. The maximum absolute atomic E-state index is 9.81. The van der Waals surface area contributed by atoms with Gasteiger partial charge in [-0.15, -0.1) is 0 Å². The molecule has 1 aliphatic heterocycles. The van der Waals surface area contributed by atoms with Crippen molar-refractivity contribution < 1.29 is 9.50 Å². The summed E-state index contributed by atoms with van der Waals surface area (Å²) in [6.45, 7) is 7.99. The molecule has 1 heterocycles. The number of halogens is 1. The molecule has 1 aliphatic rings. The highest BCUT2D eigenvalue weighted by Gasteiger charge is 1.91. The molecule has 0 aromatic carbocycles. The fourth-order valence-electron chi connectivity index (χ4n) is 0.604. The van der Waals surface area contributed by atoms with E-state index in [1.165, 1.54) is 0 Å². The fraction of sp³-hybridized carbons (Fsp3) is 0.875. The second-order valence-electron chi connectivity index (χ2n) is 2.56. The molecule has 12 heavy (non-hydrogen) atoms. The molecule has 0 aliphatic carbocycles. The van der Waals surface area contributed by atoms with Crippen LogP contribution in [0, 0.1) is 0 Å². The van der Waals surface area contributed by atoms with Gasteiger partial charge in [-0.2, -0.15) is 0 Å². The quantitative estimate of drug-likeness (QED) is 0.607. The predicted molar refractivity (Wildman–Crippen MR) is 49.2 cm³/mol. The summed E-state index contributed by atoms with van der Waals surface area (Å²) in [7, 11) is 0. The Kier molecular flexibility index (Phi) is 12.3. The van der Waals surface area contributed by atoms with Crippen LogP contribution in [-0.4, -0.2) is 32.0 Å². The van der Waals surface area contributed by atoms with Gasteiger partial charge in [-0.05, 0) is 6.92 Å². The number of carbonyl (C=O) groups is 1. The maximum Gasteiger partial charge on any atom is 0.129 e. The van der Waals surface area contributed by atoms with E-state index in [9.17, 15) is 4.79 Å². The van der Waals surface area contributed by atoms with E-state index in [2.05, 4.69) is 10.6 Å². The first kappa shape index (κ1) is 14.1. The average molecular weight is 178 g/mol. The second kappa shape index (κ2) is 10.5. The third kappa shape index (κ3) is 12.2. The zero-order valence-corrected chi connectivity index (χ0v) is 7.85. The van der Waals surface area contributed by atoms with E-state index in [4.69, 9.17) is 0 Å². The van der Waals surface area contributed by atoms with Crippen LogP contribution in [0.4, 0.5) is 4.70 Å². The number of hydrogen-bond donors (Lipinski definition) is 2. The standard InChI is InChI=1S/C4H10N2.C4H8O.FH/c1-2-6-4-3-5-1;1-3-4(2)5;/h5-6H,1-4H2;3H2,1-2H3;1H. The first-order valence-electron chi connectivity index (χ1n) is 4.18. The Labute approximate surface area is 73.3 Å². The Bertz CT molecular complexity index is 93.7. The van der Waals surface area contributed by atoms with Gasteiger partial charge < -0.3 is 15.4 Å². The van der Waals surface area contributed by atoms with Crippen molar-refractivity contribution in [3.63, 3.8) is 0 Å². The van der Waals surface area contributed by atoms with Crippen LogP contribution in [-0.2, 0) is 4.79 Å². The number of rotatable bonds is 1. The van der Waals surface area contributed by atoms with Crippen LogP contribution >= 0.6 is 0 Å². The van der Waals surface area contributed by atoms with Crippen molar-refractivity contribution in [3.05, 3.63) is 0 Å². The Morgan fingerprint density at radius 3 is 1.50 bits per heavy atom. The summed E-state index contributed by atoms with van der Waals surface area (Å²) in [5, 5.41) is 6.44. The molecule has 0 unspecified atom stereocenters. The zero-order valence-electron chi connectivity index (χ0n) is 7.85. The summed E-state index contributed by atoms with van der Waals surface area (Å²) in [6.07, 6.45) is 0.667. The van der Waals surface area contributed by atoms with Gasteiger partial charge in [-0.25, -0.2) is 0 Å². The van der Waals surface area contributed by atoms with Gasteiger partial charge in [0, 0.05) is 32.6 Å². The number of carbonyl (C=O) groups excluding carboxylic acids is 1. The van der Waals surface area contributed by atoms with E-state index in [1.54, 1.807) is 6.92 Å². The number of Topliss-reactive ketones (excluding diaryl/α,β-unsaturated/α-hetero) is 1. The molecule has 0 bridgehead atoms. The molecule has 2 N–H and O–H groups in total. The summed E-state index contributed by atoms with van der Waals surface area (Å²) in [5.74, 6) is 0.255. The lowest BCUT2D eigenvalue weighted by molar-refractivity contribution is -0.116. The highest BCUT2D eigenvalue weighted by molar-refractivity contribution is 5.74. The van der Waals surface area contributed by atoms with Crippen LogP contribution in [0.5, 0.6) is 0 Å². The van der Waals surface area contributed by atoms with Crippen LogP contribution in [0.1, 0.15) is 20.3 Å². The van der Waals surface area contributed by atoms with Crippen molar-refractivity contribution in [1.29, 1.82) is 0 Å². The molecule has 74 valence electrons. The van der Waals surface area contributed by atoms with Crippen molar-refractivity contribution in [1.82, 2.24) is 10.6 Å². The second-order valence-corrected chi connectivity index (χ2v) is 2.56. The molecule has 3 nitrogen and oxygen atoms in total. The lowest BCUT2D eigenvalue weighted by atomic mass is 10.4. The molecule has 1 fully saturated rings. The summed E-state index contributed by atoms with van der Waals surface area (Å²) in [4.78, 5) is 9.81. The van der Waals surface area contributed by atoms with Gasteiger partial charge in [-0.1, -0.05) is 6.92 Å². The number of piperazine rings is 1. The molecule has 0 radical (unpaired) electrons. The van der Waals surface area contributed by atoms with E-state index in [1.807, 2.05) is 6.92 Å². The highest BCUT2D eigenvalue weighted by Crippen LogP contribution is 1.71. The summed E-state index contributed by atoms with van der Waals surface area (Å²) in [6, 6.07) is 0. The molecule has 0 spiro atoms. The lowest BCUT2D eigenvalue weighted by Gasteiger charge is -2.11. The number of nitrogens with one attached hydrogen (secondary N) is 2. The van der Waals surface area contributed by atoms with Gasteiger partial charge in [0.2, 0.25) is 0 Å². The Morgan fingerprint density at radius 2 is 1.42 bits per heavy atom. The minimum Gasteiger partial charge on any atom is -0.314 e. The number of hydrogen-bond acceptors (Lipinski definition) is 3. The van der Waals surface area contributed by atoms with Gasteiger partial charge in [0.15, 0.2) is 0 Å². The van der Waals surface area contributed by atoms with Crippen LogP contribution in [0.25, 0.3) is 0 Å². The van der Waals surface area contributed by atoms with Crippen LogP contribution in [0.2, 0.25) is 0 Å². The van der Waals surface area contributed by atoms with E-state index < -0.39 is 0 Å². The zero-order chi connectivity index (χ0) is 8.53. The Morgan fingerprint density at radius 1 is 1.17 bits per heavy atom. The topological polar surface area (TPSA) is 41.1 Å². The van der Waals surface area contributed by atoms with Crippen molar-refractivity contribution >= 4 is 5.78 Å². The Hall–Kier alpha value is -0.480. The molecule has 0 aromatic rings. The van der Waals surface area contributed by atoms with Gasteiger partial charge in [0.25, 0.3) is 0 Å². The van der Waals surface area contributed by atoms with E-state index in [0.29, 0.717) is 6.42 Å². The van der Waals surface area contributed by atoms with E-state index in [0.717, 1.165) is 26.2 Å². The molecule has 0 aromatic heterocycles. The Balaban J connectivity index is 0. The molecule has 1 rings (SSSR count). The molecular weight excluding hydrogens is 159 g/mol. The molecule has 0 amide bonds. The van der Waals surface area contributed by atoms with Crippen LogP contribution in [0.3, 0.4) is 0 Å². The van der Waals surface area contributed by atoms with Crippen molar-refractivity contribution in [2.45, 2.75) is 20.3 Å². The first-order valence-corrected chi connectivity index (χ1v) is 4.18. The smallest absolute Gasteiger partial charge is 0.129 e. The van der Waals surface area contributed by atoms with Crippen molar-refractivity contribution in [3.8, 4) is 0 Å². The summed E-state index contributed by atoms with van der Waals surface area (Å²) >= 11 is 0. The monoisotopic (exact) mass is 178 g/mol. The van der Waals surface area contributed by atoms with Crippen LogP contribution < -0.4 is 10.6 Å². The van der Waals surface area contributed by atoms with Gasteiger partial charge in [0.05, 0.1) is 0 Å². The maximum atomic E-state index is 9.81. The lowest BCUT2D eigenvalue weighted by Crippen LogP contribution is -2.39. The molecule has 1 saturated heterocycles. The normalized spacial score (nSPS) is 15.2. The number of ketones is 1. The molecule has 4 heteroatoms. The summed E-state index contributed by atoms with van der Waals surface area (Å²) < 4.78 is 0. The van der Waals surface area contributed by atoms with Crippen molar-refractivity contribution in [2.75, 3.05) is 26.2 Å². The largest absolute Gasteiger partial charge is 0.314 e. The molecule has 0 saturated carbocycles. The third-order valence-electron chi connectivity index (χ3n) is 1.45. The van der Waals surface area contributed by atoms with E-state index in [-0.39, 0.29) is 10.5 Å². The average Bonchev–Trinajstić information content (AvgIpc) is 2.09. The van der Waals surface area contributed by atoms with Gasteiger partial charge >= 0.3 is 0 Å². The van der Waals surface area contributed by atoms with Gasteiger partial charge in [-0.3, -0.25) is 4.70 Å². The third-order valence-corrected chi connectivity index (χ3v) is 1.45. The van der Waals surface area contributed by atoms with Crippen molar-refractivity contribution in [2.24, 2.45) is 0 Å². The predicted octanol–water partition coefficient (Wildman–Crippen LogP) is 0.317. The van der Waals surface area contributed by atoms with Gasteiger partial charge in [0.1, 0.15) is 5.78 Å². The highest BCUT2D eigenvalue weighted by atomic mass is 19.0. The SMILES string of the molecule is C1CNCCN1.CCC(C)=O.F. The van der Waals surface area contributed by atoms with Crippen LogP contribution in [0.15, 0.2) is 0 Å². The molecule has 0 atom stereocenters. The molecular formula is C8H19FN2O. The minimum absolute atomic E-state index is 0. The minimum atomic E-state index is 0.